The number of esters is 1. The zero-order valence-electron chi connectivity index (χ0n) is 17.5. The van der Waals surface area contributed by atoms with Crippen molar-refractivity contribution in [3.05, 3.63) is 72.3 Å². The molecule has 0 radical (unpaired) electrons. The van der Waals surface area contributed by atoms with Gasteiger partial charge in [-0.25, -0.2) is 14.6 Å². The lowest BCUT2D eigenvalue weighted by Crippen LogP contribution is -2.37. The number of thiazole rings is 1. The Balaban J connectivity index is 1.73. The van der Waals surface area contributed by atoms with Gasteiger partial charge in [0.2, 0.25) is 5.78 Å². The lowest BCUT2D eigenvalue weighted by Gasteiger charge is -2.12. The van der Waals surface area contributed by atoms with Crippen LogP contribution in [0.5, 0.6) is 0 Å². The van der Waals surface area contributed by atoms with E-state index in [1.54, 1.807) is 35.6 Å². The van der Waals surface area contributed by atoms with Crippen molar-refractivity contribution in [1.82, 2.24) is 14.5 Å². The maximum Gasteiger partial charge on any atom is 0.339 e. The van der Waals surface area contributed by atoms with E-state index < -0.39 is 35.2 Å². The van der Waals surface area contributed by atoms with Crippen molar-refractivity contribution in [1.29, 1.82) is 0 Å². The van der Waals surface area contributed by atoms with Crippen LogP contribution >= 0.6 is 23.1 Å². The van der Waals surface area contributed by atoms with Gasteiger partial charge in [0.05, 0.1) is 16.3 Å². The van der Waals surface area contributed by atoms with Crippen LogP contribution in [-0.2, 0) is 17.0 Å². The molecule has 0 bridgehead atoms. The molecule has 3 N–H and O–H groups in total. The number of anilines is 1. The number of aromatic nitrogens is 3. The average Bonchev–Trinajstić information content (AvgIpc) is 3.18. The van der Waals surface area contributed by atoms with Crippen LogP contribution in [0.4, 0.5) is 5.82 Å². The number of carbonyl (C=O) groups is 2. The number of rotatable bonds is 9. The number of hydrogen-bond donors (Lipinski definition) is 2. The molecule has 3 aromatic rings. The van der Waals surface area contributed by atoms with E-state index >= 15 is 0 Å². The van der Waals surface area contributed by atoms with Crippen molar-refractivity contribution < 1.29 is 14.3 Å². The summed E-state index contributed by atoms with van der Waals surface area (Å²) in [5.74, 6) is -1.15. The molecule has 9 nitrogen and oxygen atoms in total. The van der Waals surface area contributed by atoms with E-state index in [1.165, 1.54) is 11.8 Å². The number of Topliss-reactive ketones (excluding diaryl/α,β-unsaturated/α-hetero) is 1. The fraction of sp³-hybridized carbons (Fsp3) is 0.286. The number of nitrogens with one attached hydrogen (secondary N) is 1. The first kappa shape index (κ1) is 23.5. The number of aromatic amines is 1. The number of ether oxygens (including phenoxy) is 1. The van der Waals surface area contributed by atoms with Crippen LogP contribution in [0.2, 0.25) is 0 Å². The van der Waals surface area contributed by atoms with Crippen LogP contribution in [-0.4, -0.2) is 32.9 Å². The highest BCUT2D eigenvalue weighted by molar-refractivity contribution is 7.98. The molecule has 0 amide bonds. The molecule has 0 aliphatic heterocycles. The molecule has 0 atom stereocenters. The molecule has 0 aliphatic rings. The predicted molar refractivity (Wildman–Crippen MR) is 123 cm³/mol. The molecule has 0 saturated heterocycles. The van der Waals surface area contributed by atoms with Gasteiger partial charge in [-0.3, -0.25) is 19.1 Å². The number of hydrogen-bond acceptors (Lipinski definition) is 9. The molecule has 11 heteroatoms. The van der Waals surface area contributed by atoms with Gasteiger partial charge in [0.25, 0.3) is 5.56 Å². The Morgan fingerprint density at radius 3 is 2.72 bits per heavy atom. The quantitative estimate of drug-likeness (QED) is 0.274. The van der Waals surface area contributed by atoms with Crippen molar-refractivity contribution in [2.45, 2.75) is 37.5 Å². The summed E-state index contributed by atoms with van der Waals surface area (Å²) in [5, 5.41) is 2.92. The third-order valence-corrected chi connectivity index (χ3v) is 6.38. The predicted octanol–water partition coefficient (Wildman–Crippen LogP) is 2.63. The lowest BCUT2D eigenvalue weighted by atomic mass is 10.2. The van der Waals surface area contributed by atoms with Crippen LogP contribution in [0.25, 0.3) is 0 Å². The molecule has 0 aliphatic carbocycles. The number of nitrogen functional groups attached to an aromatic ring is 1. The number of H-pyrrole nitrogens is 1. The lowest BCUT2D eigenvalue weighted by molar-refractivity contribution is 0.0471. The summed E-state index contributed by atoms with van der Waals surface area (Å²) in [7, 11) is 0. The third kappa shape index (κ3) is 5.35. The molecule has 0 fully saturated rings. The molecule has 3 rings (SSSR count). The summed E-state index contributed by atoms with van der Waals surface area (Å²) >= 11 is 2.98. The molecule has 0 unspecified atom stereocenters. The van der Waals surface area contributed by atoms with Gasteiger partial charge >= 0.3 is 11.7 Å². The van der Waals surface area contributed by atoms with Crippen molar-refractivity contribution in [3.63, 3.8) is 0 Å². The van der Waals surface area contributed by atoms with Crippen molar-refractivity contribution in [2.24, 2.45) is 0 Å². The smallest absolute Gasteiger partial charge is 0.339 e. The van der Waals surface area contributed by atoms with Gasteiger partial charge in [-0.15, -0.1) is 23.1 Å². The Morgan fingerprint density at radius 2 is 2.03 bits per heavy atom. The zero-order valence-corrected chi connectivity index (χ0v) is 19.2. The fourth-order valence-electron chi connectivity index (χ4n) is 2.97. The van der Waals surface area contributed by atoms with Crippen LogP contribution in [0.1, 0.15) is 44.8 Å². The van der Waals surface area contributed by atoms with Gasteiger partial charge in [-0.1, -0.05) is 19.1 Å². The van der Waals surface area contributed by atoms with Gasteiger partial charge in [-0.2, -0.15) is 0 Å². The average molecular weight is 475 g/mol. The normalized spacial score (nSPS) is 10.8. The number of carbonyl (C=O) groups excluding carboxylic acids is 2. The number of benzene rings is 1. The minimum absolute atomic E-state index is 0.240. The van der Waals surface area contributed by atoms with E-state index in [2.05, 4.69) is 9.97 Å². The zero-order chi connectivity index (χ0) is 23.3. The summed E-state index contributed by atoms with van der Waals surface area (Å²) in [6.45, 7) is 3.31. The number of ketones is 1. The first-order chi connectivity index (χ1) is 15.3. The van der Waals surface area contributed by atoms with E-state index in [0.29, 0.717) is 22.6 Å². The molecule has 32 heavy (non-hydrogen) atoms. The molecule has 0 saturated carbocycles. The molecule has 2 heterocycles. The van der Waals surface area contributed by atoms with Crippen LogP contribution in [0, 0.1) is 6.92 Å². The molecular weight excluding hydrogens is 452 g/mol. The highest BCUT2D eigenvalue weighted by Crippen LogP contribution is 2.27. The first-order valence-corrected chi connectivity index (χ1v) is 11.6. The van der Waals surface area contributed by atoms with Crippen LogP contribution in [0.3, 0.4) is 0 Å². The van der Waals surface area contributed by atoms with Gasteiger partial charge < -0.3 is 10.5 Å². The van der Waals surface area contributed by atoms with E-state index in [0.717, 1.165) is 15.3 Å². The summed E-state index contributed by atoms with van der Waals surface area (Å²) in [4.78, 5) is 56.4. The van der Waals surface area contributed by atoms with Crippen LogP contribution < -0.4 is 17.0 Å². The van der Waals surface area contributed by atoms with E-state index in [4.69, 9.17) is 10.5 Å². The molecule has 168 valence electrons. The summed E-state index contributed by atoms with van der Waals surface area (Å²) in [5.41, 5.74) is 5.10. The van der Waals surface area contributed by atoms with Gasteiger partial charge in [0.15, 0.2) is 6.61 Å². The first-order valence-electron chi connectivity index (χ1n) is 9.77. The maximum absolute atomic E-state index is 12.6. The monoisotopic (exact) mass is 474 g/mol. The Morgan fingerprint density at radius 1 is 1.28 bits per heavy atom. The topological polar surface area (TPSA) is 137 Å². The maximum atomic E-state index is 12.6. The summed E-state index contributed by atoms with van der Waals surface area (Å²) < 4.78 is 6.28. The molecule has 2 aromatic heterocycles. The number of nitrogens with two attached hydrogens (primary N) is 1. The van der Waals surface area contributed by atoms with E-state index in [-0.39, 0.29) is 12.4 Å². The van der Waals surface area contributed by atoms with Crippen LogP contribution in [0.15, 0.2) is 44.1 Å². The third-order valence-electron chi connectivity index (χ3n) is 4.45. The minimum Gasteiger partial charge on any atom is -0.454 e. The van der Waals surface area contributed by atoms with Gasteiger partial charge in [0.1, 0.15) is 11.4 Å². The van der Waals surface area contributed by atoms with Crippen molar-refractivity contribution in [2.75, 3.05) is 12.3 Å². The second-order valence-electron chi connectivity index (χ2n) is 6.81. The fourth-order valence-corrected chi connectivity index (χ4v) is 4.62. The number of aryl methyl sites for hydroxylation is 1. The summed E-state index contributed by atoms with van der Waals surface area (Å²) in [6, 6.07) is 6.88. The Labute approximate surface area is 191 Å². The standard InChI is InChI=1S/C21H22N4O5S2/c1-3-8-25-18(22)17(19(27)24-21(25)29)15(26)9-30-20(28)14-6-4-5-7-16(14)32-11-13-10-31-12(2)23-13/h4-7,10H,3,8-9,11,22H2,1-2H3,(H,24,27,29). The second-order valence-corrected chi connectivity index (χ2v) is 8.89. The van der Waals surface area contributed by atoms with Gasteiger partial charge in [0, 0.05) is 22.6 Å². The number of thioether (sulfide) groups is 1. The second kappa shape index (κ2) is 10.4. The Hall–Kier alpha value is -3.18. The molecule has 1 aromatic carbocycles. The summed E-state index contributed by atoms with van der Waals surface area (Å²) in [6.07, 6.45) is 0.577. The molecular formula is C21H22N4O5S2. The SMILES string of the molecule is CCCn1c(N)c(C(=O)COC(=O)c2ccccc2SCc2csc(C)n2)c(=O)[nH]c1=O. The number of nitrogens with zero attached hydrogens (tertiary/aromatic N) is 2. The van der Waals surface area contributed by atoms with Gasteiger partial charge in [-0.05, 0) is 25.5 Å². The van der Waals surface area contributed by atoms with E-state index in [9.17, 15) is 19.2 Å². The highest BCUT2D eigenvalue weighted by Gasteiger charge is 2.21. The molecule has 0 spiro atoms. The minimum atomic E-state index is -0.907. The van der Waals surface area contributed by atoms with Crippen molar-refractivity contribution >= 4 is 40.7 Å². The highest BCUT2D eigenvalue weighted by atomic mass is 32.2. The van der Waals surface area contributed by atoms with E-state index in [1.807, 2.05) is 19.2 Å². The Kier molecular flexibility index (Phi) is 7.65. The largest absolute Gasteiger partial charge is 0.454 e. The Bertz CT molecular complexity index is 1260. The van der Waals surface area contributed by atoms with Crippen molar-refractivity contribution in [3.8, 4) is 0 Å².